The van der Waals surface area contributed by atoms with Crippen molar-refractivity contribution >= 4 is 12.0 Å². The number of rotatable bonds is 5. The van der Waals surface area contributed by atoms with Gasteiger partial charge in [-0.1, -0.05) is 19.8 Å². The van der Waals surface area contributed by atoms with Crippen LogP contribution >= 0.6 is 0 Å². The molecule has 5 nitrogen and oxygen atoms in total. The first-order valence-corrected chi connectivity index (χ1v) is 6.69. The van der Waals surface area contributed by atoms with Crippen LogP contribution in [0.3, 0.4) is 0 Å². The number of hydrogen-bond donors (Lipinski definition) is 3. The molecule has 4 unspecified atom stereocenters. The number of carbonyl (C=O) groups is 2. The summed E-state index contributed by atoms with van der Waals surface area (Å²) >= 11 is 0. The lowest BCUT2D eigenvalue weighted by molar-refractivity contribution is -0.141. The lowest BCUT2D eigenvalue weighted by atomic mass is 9.98. The van der Waals surface area contributed by atoms with E-state index in [-0.39, 0.29) is 12.1 Å². The van der Waals surface area contributed by atoms with Crippen LogP contribution in [0, 0.1) is 17.8 Å². The number of carboxylic acids is 1. The summed E-state index contributed by atoms with van der Waals surface area (Å²) in [5.41, 5.74) is 0. The number of carbonyl (C=O) groups excluding carboxylic acids is 1. The Hall–Kier alpha value is -1.26. The van der Waals surface area contributed by atoms with Gasteiger partial charge in [0.05, 0.1) is 5.92 Å². The molecular weight excluding hydrogens is 232 g/mol. The van der Waals surface area contributed by atoms with E-state index in [1.807, 2.05) is 0 Å². The average molecular weight is 256 g/mol. The zero-order valence-electron chi connectivity index (χ0n) is 11.4. The van der Waals surface area contributed by atoms with Crippen LogP contribution in [0.15, 0.2) is 0 Å². The number of nitrogens with one attached hydrogen (secondary N) is 2. The van der Waals surface area contributed by atoms with E-state index in [4.69, 9.17) is 5.11 Å². The second kappa shape index (κ2) is 6.61. The van der Waals surface area contributed by atoms with Crippen LogP contribution in [0.4, 0.5) is 4.79 Å². The maximum atomic E-state index is 11.6. The van der Waals surface area contributed by atoms with E-state index in [1.54, 1.807) is 13.8 Å². The van der Waals surface area contributed by atoms with Gasteiger partial charge in [-0.3, -0.25) is 4.79 Å². The SMILES string of the molecule is CC1CCCC1CNC(=O)NC(C)C(C)C(=O)O. The van der Waals surface area contributed by atoms with Crippen LogP contribution < -0.4 is 10.6 Å². The van der Waals surface area contributed by atoms with Gasteiger partial charge in [-0.15, -0.1) is 0 Å². The van der Waals surface area contributed by atoms with Crippen molar-refractivity contribution in [3.8, 4) is 0 Å². The molecule has 5 heteroatoms. The van der Waals surface area contributed by atoms with Gasteiger partial charge in [0.25, 0.3) is 0 Å². The Bertz CT molecular complexity index is 307. The molecule has 0 aromatic carbocycles. The maximum absolute atomic E-state index is 11.6. The summed E-state index contributed by atoms with van der Waals surface area (Å²) in [6.07, 6.45) is 3.64. The molecular formula is C13H24N2O3. The first kappa shape index (κ1) is 14.8. The standard InChI is InChI=1S/C13H24N2O3/c1-8-5-4-6-11(8)7-14-13(18)15-10(3)9(2)12(16)17/h8-11H,4-7H2,1-3H3,(H,16,17)(H2,14,15,18). The normalized spacial score (nSPS) is 26.4. The summed E-state index contributed by atoms with van der Waals surface area (Å²) in [6.45, 7) is 6.19. The number of urea groups is 1. The molecule has 0 bridgehead atoms. The van der Waals surface area contributed by atoms with Gasteiger partial charge in [0.2, 0.25) is 0 Å². The smallest absolute Gasteiger partial charge is 0.315 e. The quantitative estimate of drug-likeness (QED) is 0.702. The Kier molecular flexibility index (Phi) is 5.44. The minimum absolute atomic E-state index is 0.269. The topological polar surface area (TPSA) is 78.4 Å². The fourth-order valence-electron chi connectivity index (χ4n) is 2.35. The van der Waals surface area contributed by atoms with Crippen LogP contribution in [0.2, 0.25) is 0 Å². The molecule has 0 spiro atoms. The van der Waals surface area contributed by atoms with Gasteiger partial charge >= 0.3 is 12.0 Å². The molecule has 1 rings (SSSR count). The van der Waals surface area contributed by atoms with E-state index in [0.717, 1.165) is 0 Å². The average Bonchev–Trinajstić information content (AvgIpc) is 2.71. The predicted octanol–water partition coefficient (Wildman–Crippen LogP) is 1.83. The summed E-state index contributed by atoms with van der Waals surface area (Å²) in [7, 11) is 0. The highest BCUT2D eigenvalue weighted by molar-refractivity contribution is 5.76. The van der Waals surface area contributed by atoms with E-state index in [1.165, 1.54) is 19.3 Å². The lowest BCUT2D eigenvalue weighted by Crippen LogP contribution is -2.46. The Balaban J connectivity index is 2.27. The van der Waals surface area contributed by atoms with Crippen molar-refractivity contribution in [2.75, 3.05) is 6.54 Å². The minimum Gasteiger partial charge on any atom is -0.481 e. The van der Waals surface area contributed by atoms with Gasteiger partial charge in [-0.25, -0.2) is 4.79 Å². The van der Waals surface area contributed by atoms with Crippen molar-refractivity contribution in [3.63, 3.8) is 0 Å². The highest BCUT2D eigenvalue weighted by atomic mass is 16.4. The third-order valence-electron chi connectivity index (χ3n) is 4.06. The summed E-state index contributed by atoms with van der Waals surface area (Å²) in [4.78, 5) is 22.4. The summed E-state index contributed by atoms with van der Waals surface area (Å²) in [5.74, 6) is -0.253. The zero-order valence-corrected chi connectivity index (χ0v) is 11.4. The van der Waals surface area contributed by atoms with E-state index in [2.05, 4.69) is 17.6 Å². The molecule has 1 aliphatic rings. The third kappa shape index (κ3) is 4.20. The van der Waals surface area contributed by atoms with Crippen molar-refractivity contribution in [2.45, 2.75) is 46.1 Å². The number of carboxylic acid groups (broad SMARTS) is 1. The van der Waals surface area contributed by atoms with Crippen molar-refractivity contribution in [1.82, 2.24) is 10.6 Å². The monoisotopic (exact) mass is 256 g/mol. The van der Waals surface area contributed by atoms with Gasteiger partial charge in [-0.2, -0.15) is 0 Å². The molecule has 1 saturated carbocycles. The summed E-state index contributed by atoms with van der Waals surface area (Å²) < 4.78 is 0. The first-order valence-electron chi connectivity index (χ1n) is 6.69. The van der Waals surface area contributed by atoms with Crippen molar-refractivity contribution in [2.24, 2.45) is 17.8 Å². The van der Waals surface area contributed by atoms with Crippen LogP contribution in [0.25, 0.3) is 0 Å². The molecule has 18 heavy (non-hydrogen) atoms. The van der Waals surface area contributed by atoms with Crippen LogP contribution in [-0.4, -0.2) is 29.7 Å². The highest BCUT2D eigenvalue weighted by Gasteiger charge is 2.24. The van der Waals surface area contributed by atoms with Crippen LogP contribution in [0.1, 0.15) is 40.0 Å². The molecule has 104 valence electrons. The van der Waals surface area contributed by atoms with Crippen molar-refractivity contribution in [3.05, 3.63) is 0 Å². The van der Waals surface area contributed by atoms with E-state index < -0.39 is 11.9 Å². The lowest BCUT2D eigenvalue weighted by Gasteiger charge is -2.20. The summed E-state index contributed by atoms with van der Waals surface area (Å²) in [5, 5.41) is 14.3. The highest BCUT2D eigenvalue weighted by Crippen LogP contribution is 2.30. The van der Waals surface area contributed by atoms with Crippen LogP contribution in [-0.2, 0) is 4.79 Å². The van der Waals surface area contributed by atoms with Crippen LogP contribution in [0.5, 0.6) is 0 Å². The van der Waals surface area contributed by atoms with Crippen molar-refractivity contribution < 1.29 is 14.7 Å². The fourth-order valence-corrected chi connectivity index (χ4v) is 2.35. The molecule has 0 radical (unpaired) electrons. The van der Waals surface area contributed by atoms with Gasteiger partial charge in [0, 0.05) is 12.6 Å². The largest absolute Gasteiger partial charge is 0.481 e. The van der Waals surface area contributed by atoms with E-state index >= 15 is 0 Å². The first-order chi connectivity index (χ1) is 8.41. The third-order valence-corrected chi connectivity index (χ3v) is 4.06. The number of amides is 2. The van der Waals surface area contributed by atoms with E-state index in [9.17, 15) is 9.59 Å². The minimum atomic E-state index is -0.896. The molecule has 1 aliphatic carbocycles. The molecule has 0 heterocycles. The molecule has 2 amide bonds. The Morgan fingerprint density at radius 1 is 1.33 bits per heavy atom. The van der Waals surface area contributed by atoms with Gasteiger partial charge < -0.3 is 15.7 Å². The van der Waals surface area contributed by atoms with E-state index in [0.29, 0.717) is 18.4 Å². The Morgan fingerprint density at radius 2 is 2.00 bits per heavy atom. The van der Waals surface area contributed by atoms with Gasteiger partial charge in [-0.05, 0) is 32.1 Å². The molecule has 3 N–H and O–H groups in total. The molecule has 0 saturated heterocycles. The molecule has 0 aliphatic heterocycles. The second-order valence-electron chi connectivity index (χ2n) is 5.44. The maximum Gasteiger partial charge on any atom is 0.315 e. The number of aliphatic carboxylic acids is 1. The molecule has 0 aromatic rings. The van der Waals surface area contributed by atoms with Gasteiger partial charge in [0.1, 0.15) is 0 Å². The Labute approximate surface area is 108 Å². The Morgan fingerprint density at radius 3 is 2.50 bits per heavy atom. The molecule has 0 aromatic heterocycles. The van der Waals surface area contributed by atoms with Crippen molar-refractivity contribution in [1.29, 1.82) is 0 Å². The molecule has 1 fully saturated rings. The molecule has 4 atom stereocenters. The predicted molar refractivity (Wildman–Crippen MR) is 69.3 cm³/mol. The zero-order chi connectivity index (χ0) is 13.7. The second-order valence-corrected chi connectivity index (χ2v) is 5.44. The number of hydrogen-bond acceptors (Lipinski definition) is 2. The van der Waals surface area contributed by atoms with Gasteiger partial charge in [0.15, 0.2) is 0 Å². The fraction of sp³-hybridized carbons (Fsp3) is 0.846. The summed E-state index contributed by atoms with van der Waals surface area (Å²) in [6, 6.07) is -0.641.